The Balaban J connectivity index is 3.28. The van der Waals surface area contributed by atoms with Gasteiger partial charge in [0.25, 0.3) is 0 Å². The van der Waals surface area contributed by atoms with Gasteiger partial charge in [-0.15, -0.1) is 6.58 Å². The fraction of sp³-hybridized carbons (Fsp3) is 0.545. The molecule has 1 saturated heterocycles. The van der Waals surface area contributed by atoms with Crippen LogP contribution < -0.4 is 10.6 Å². The standard InChI is InChI=1S/C11H16N2O3/c1-5-6-11(10(2,3)4)7(14)12-9(16)13-8(11)15/h5H,1,6H2,2-4H3,(H2,12,13,14,15,16). The molecule has 4 amide bonds. The summed E-state index contributed by atoms with van der Waals surface area (Å²) in [5, 5.41) is 4.27. The number of rotatable bonds is 2. The van der Waals surface area contributed by atoms with Crippen LogP contribution in [0.25, 0.3) is 0 Å². The third kappa shape index (κ3) is 1.62. The molecule has 0 unspecified atom stereocenters. The van der Waals surface area contributed by atoms with Gasteiger partial charge in [-0.3, -0.25) is 20.2 Å². The first-order valence-corrected chi connectivity index (χ1v) is 5.03. The Bertz CT molecular complexity index is 346. The number of barbiturate groups is 1. The summed E-state index contributed by atoms with van der Waals surface area (Å²) in [4.78, 5) is 34.9. The smallest absolute Gasteiger partial charge is 0.277 e. The minimum Gasteiger partial charge on any atom is -0.277 e. The van der Waals surface area contributed by atoms with E-state index in [0.717, 1.165) is 0 Å². The average Bonchev–Trinajstić information content (AvgIpc) is 2.08. The molecule has 0 radical (unpaired) electrons. The number of allylic oxidation sites excluding steroid dienone is 1. The van der Waals surface area contributed by atoms with Crippen LogP contribution in [0.15, 0.2) is 12.7 Å². The largest absolute Gasteiger partial charge is 0.328 e. The summed E-state index contributed by atoms with van der Waals surface area (Å²) in [7, 11) is 0. The molecule has 1 rings (SSSR count). The van der Waals surface area contributed by atoms with Gasteiger partial charge in [0.15, 0.2) is 0 Å². The topological polar surface area (TPSA) is 75.3 Å². The number of hydrogen-bond acceptors (Lipinski definition) is 3. The molecule has 1 aliphatic heterocycles. The lowest BCUT2D eigenvalue weighted by atomic mass is 9.62. The Hall–Kier alpha value is -1.65. The molecule has 1 fully saturated rings. The molecule has 0 atom stereocenters. The Labute approximate surface area is 94.3 Å². The quantitative estimate of drug-likeness (QED) is 0.542. The summed E-state index contributed by atoms with van der Waals surface area (Å²) < 4.78 is 0. The zero-order chi connectivity index (χ0) is 12.6. The van der Waals surface area contributed by atoms with Crippen molar-refractivity contribution in [1.82, 2.24) is 10.6 Å². The molecule has 1 heterocycles. The summed E-state index contributed by atoms with van der Waals surface area (Å²) >= 11 is 0. The lowest BCUT2D eigenvalue weighted by molar-refractivity contribution is -0.152. The first-order valence-electron chi connectivity index (χ1n) is 5.03. The predicted molar refractivity (Wildman–Crippen MR) is 58.4 cm³/mol. The Morgan fingerprint density at radius 3 is 1.94 bits per heavy atom. The van der Waals surface area contributed by atoms with Gasteiger partial charge in [0.05, 0.1) is 0 Å². The molecule has 16 heavy (non-hydrogen) atoms. The van der Waals surface area contributed by atoms with Crippen molar-refractivity contribution in [2.75, 3.05) is 0 Å². The fourth-order valence-corrected chi connectivity index (χ4v) is 1.94. The van der Waals surface area contributed by atoms with Crippen molar-refractivity contribution in [3.8, 4) is 0 Å². The molecule has 2 N–H and O–H groups in total. The number of carbonyl (C=O) groups excluding carboxylic acids is 3. The lowest BCUT2D eigenvalue weighted by Gasteiger charge is -2.42. The van der Waals surface area contributed by atoms with Crippen LogP contribution in [-0.2, 0) is 9.59 Å². The van der Waals surface area contributed by atoms with E-state index in [0.29, 0.717) is 0 Å². The van der Waals surface area contributed by atoms with Gasteiger partial charge in [-0.2, -0.15) is 0 Å². The van der Waals surface area contributed by atoms with Crippen LogP contribution in [0.5, 0.6) is 0 Å². The third-order valence-corrected chi connectivity index (χ3v) is 2.96. The summed E-state index contributed by atoms with van der Waals surface area (Å²) in [6.07, 6.45) is 1.71. The molecule has 0 aliphatic carbocycles. The number of imide groups is 2. The van der Waals surface area contributed by atoms with E-state index in [4.69, 9.17) is 0 Å². The van der Waals surface area contributed by atoms with Crippen molar-refractivity contribution in [3.63, 3.8) is 0 Å². The molecular weight excluding hydrogens is 208 g/mol. The first kappa shape index (κ1) is 12.4. The molecule has 88 valence electrons. The van der Waals surface area contributed by atoms with Crippen LogP contribution in [0.4, 0.5) is 4.79 Å². The zero-order valence-electron chi connectivity index (χ0n) is 9.72. The van der Waals surface area contributed by atoms with E-state index in [1.807, 2.05) is 0 Å². The van der Waals surface area contributed by atoms with Crippen LogP contribution in [-0.4, -0.2) is 17.8 Å². The zero-order valence-corrected chi connectivity index (χ0v) is 9.72. The lowest BCUT2D eigenvalue weighted by Crippen LogP contribution is -2.66. The maximum atomic E-state index is 11.9. The molecule has 0 aromatic heterocycles. The maximum absolute atomic E-state index is 11.9. The van der Waals surface area contributed by atoms with E-state index in [2.05, 4.69) is 17.2 Å². The SMILES string of the molecule is C=CCC1(C(C)(C)C)C(=O)NC(=O)NC1=O. The van der Waals surface area contributed by atoms with E-state index < -0.39 is 28.7 Å². The maximum Gasteiger partial charge on any atom is 0.328 e. The van der Waals surface area contributed by atoms with Gasteiger partial charge in [-0.05, 0) is 11.8 Å². The predicted octanol–water partition coefficient (Wildman–Crippen LogP) is 0.961. The van der Waals surface area contributed by atoms with Gasteiger partial charge in [0, 0.05) is 0 Å². The van der Waals surface area contributed by atoms with Gasteiger partial charge in [0.1, 0.15) is 5.41 Å². The highest BCUT2D eigenvalue weighted by Crippen LogP contribution is 2.43. The number of urea groups is 1. The van der Waals surface area contributed by atoms with E-state index >= 15 is 0 Å². The molecule has 5 nitrogen and oxygen atoms in total. The van der Waals surface area contributed by atoms with Crippen LogP contribution in [0.2, 0.25) is 0 Å². The molecule has 0 aromatic carbocycles. The van der Waals surface area contributed by atoms with Crippen molar-refractivity contribution in [1.29, 1.82) is 0 Å². The molecule has 0 saturated carbocycles. The van der Waals surface area contributed by atoms with Crippen LogP contribution >= 0.6 is 0 Å². The average molecular weight is 224 g/mol. The minimum absolute atomic E-state index is 0.196. The summed E-state index contributed by atoms with van der Waals surface area (Å²) in [5.41, 5.74) is -1.88. The van der Waals surface area contributed by atoms with Crippen LogP contribution in [0, 0.1) is 10.8 Å². The second kappa shape index (κ2) is 3.73. The highest BCUT2D eigenvalue weighted by Gasteiger charge is 2.56. The Morgan fingerprint density at radius 1 is 1.19 bits per heavy atom. The first-order chi connectivity index (χ1) is 7.25. The van der Waals surface area contributed by atoms with E-state index in [1.165, 1.54) is 6.08 Å². The highest BCUT2D eigenvalue weighted by molar-refractivity contribution is 6.19. The Kier molecular flexibility index (Phi) is 2.90. The molecule has 0 spiro atoms. The molecule has 5 heteroatoms. The van der Waals surface area contributed by atoms with Crippen LogP contribution in [0.3, 0.4) is 0 Å². The van der Waals surface area contributed by atoms with Crippen molar-refractivity contribution < 1.29 is 14.4 Å². The minimum atomic E-state index is -1.28. The van der Waals surface area contributed by atoms with E-state index in [-0.39, 0.29) is 6.42 Å². The highest BCUT2D eigenvalue weighted by atomic mass is 16.2. The summed E-state index contributed by atoms with van der Waals surface area (Å²) in [6, 6.07) is -0.765. The van der Waals surface area contributed by atoms with Gasteiger partial charge in [0.2, 0.25) is 11.8 Å². The van der Waals surface area contributed by atoms with Crippen molar-refractivity contribution in [2.45, 2.75) is 27.2 Å². The molecular formula is C11H16N2O3. The van der Waals surface area contributed by atoms with Gasteiger partial charge < -0.3 is 0 Å². The fourth-order valence-electron chi connectivity index (χ4n) is 1.94. The van der Waals surface area contributed by atoms with Crippen molar-refractivity contribution in [2.24, 2.45) is 10.8 Å². The number of hydrogen-bond donors (Lipinski definition) is 2. The monoisotopic (exact) mass is 224 g/mol. The molecule has 0 aromatic rings. The number of carbonyl (C=O) groups is 3. The van der Waals surface area contributed by atoms with Crippen molar-refractivity contribution >= 4 is 17.8 Å². The van der Waals surface area contributed by atoms with Gasteiger partial charge in [-0.25, -0.2) is 4.79 Å². The summed E-state index contributed by atoms with van der Waals surface area (Å²) in [6.45, 7) is 8.91. The van der Waals surface area contributed by atoms with E-state index in [9.17, 15) is 14.4 Å². The van der Waals surface area contributed by atoms with Crippen molar-refractivity contribution in [3.05, 3.63) is 12.7 Å². The van der Waals surface area contributed by atoms with E-state index in [1.54, 1.807) is 20.8 Å². The van der Waals surface area contributed by atoms with Gasteiger partial charge in [-0.1, -0.05) is 26.8 Å². The third-order valence-electron chi connectivity index (χ3n) is 2.96. The summed E-state index contributed by atoms with van der Waals surface area (Å²) in [5.74, 6) is -1.12. The molecule has 1 aliphatic rings. The second-order valence-electron chi connectivity index (χ2n) is 4.89. The number of amides is 4. The van der Waals surface area contributed by atoms with Gasteiger partial charge >= 0.3 is 6.03 Å². The number of nitrogens with one attached hydrogen (secondary N) is 2. The van der Waals surface area contributed by atoms with Crippen LogP contribution in [0.1, 0.15) is 27.2 Å². The normalized spacial score (nSPS) is 20.1. The second-order valence-corrected chi connectivity index (χ2v) is 4.89. The Morgan fingerprint density at radius 2 is 1.62 bits per heavy atom. The molecule has 0 bridgehead atoms.